The van der Waals surface area contributed by atoms with Crippen molar-refractivity contribution < 1.29 is 0 Å². The van der Waals surface area contributed by atoms with Crippen LogP contribution in [0, 0.1) is 0 Å². The first-order valence-corrected chi connectivity index (χ1v) is 8.08. The van der Waals surface area contributed by atoms with Crippen molar-refractivity contribution in [2.24, 2.45) is 0 Å². The van der Waals surface area contributed by atoms with Gasteiger partial charge in [0.25, 0.3) is 0 Å². The Kier molecular flexibility index (Phi) is 4.23. The fraction of sp³-hybridized carbons (Fsp3) is 0.312. The average molecular weight is 343 g/mol. The van der Waals surface area contributed by atoms with Crippen LogP contribution in [0.3, 0.4) is 0 Å². The van der Waals surface area contributed by atoms with Crippen molar-refractivity contribution in [2.45, 2.75) is 19.4 Å². The molecule has 0 saturated heterocycles. The number of fused-ring (bicyclic) bond motifs is 1. The van der Waals surface area contributed by atoms with Crippen LogP contribution in [0.4, 0.5) is 5.82 Å². The van der Waals surface area contributed by atoms with E-state index in [9.17, 15) is 0 Å². The second kappa shape index (κ2) is 6.07. The fourth-order valence-corrected chi connectivity index (χ4v) is 3.17. The molecule has 2 N–H and O–H groups in total. The standard InChI is InChI=1S/C16H20BClN6/c1-16(2,8-23(3)17)24-15-12(14(19)20-9-21-15)13(22-24)10-4-6-11(18)7-5-10/h4-7,9H,8,17H2,1-3H3,(H2,19,20,21). The van der Waals surface area contributed by atoms with E-state index in [2.05, 4.69) is 28.6 Å². The highest BCUT2D eigenvalue weighted by Crippen LogP contribution is 2.33. The molecule has 0 aliphatic rings. The number of benzene rings is 1. The third-order valence-corrected chi connectivity index (χ3v) is 4.14. The van der Waals surface area contributed by atoms with Gasteiger partial charge < -0.3 is 10.5 Å². The highest BCUT2D eigenvalue weighted by Gasteiger charge is 2.28. The maximum atomic E-state index is 6.14. The van der Waals surface area contributed by atoms with E-state index in [4.69, 9.17) is 22.4 Å². The summed E-state index contributed by atoms with van der Waals surface area (Å²) in [7, 11) is 4.08. The first-order chi connectivity index (χ1) is 11.3. The summed E-state index contributed by atoms with van der Waals surface area (Å²) in [4.78, 5) is 10.7. The van der Waals surface area contributed by atoms with Gasteiger partial charge in [0, 0.05) is 17.1 Å². The number of nitrogens with two attached hydrogens (primary N) is 1. The van der Waals surface area contributed by atoms with Gasteiger partial charge in [0.2, 0.25) is 0 Å². The summed E-state index contributed by atoms with van der Waals surface area (Å²) >= 11 is 6.00. The number of nitrogen functional groups attached to an aromatic ring is 1. The number of nitrogens with zero attached hydrogens (tertiary/aromatic N) is 5. The third-order valence-electron chi connectivity index (χ3n) is 3.89. The van der Waals surface area contributed by atoms with E-state index in [-0.39, 0.29) is 5.54 Å². The van der Waals surface area contributed by atoms with E-state index in [1.807, 2.05) is 44.0 Å². The summed E-state index contributed by atoms with van der Waals surface area (Å²) in [6.07, 6.45) is 1.48. The lowest BCUT2D eigenvalue weighted by Crippen LogP contribution is -2.39. The van der Waals surface area contributed by atoms with Gasteiger partial charge in [0.1, 0.15) is 17.8 Å². The summed E-state index contributed by atoms with van der Waals surface area (Å²) < 4.78 is 1.93. The molecule has 0 bridgehead atoms. The van der Waals surface area contributed by atoms with Gasteiger partial charge in [-0.3, -0.25) is 0 Å². The van der Waals surface area contributed by atoms with Crippen LogP contribution in [0.25, 0.3) is 22.3 Å². The molecular formula is C16H20BClN6. The molecule has 0 spiro atoms. The molecule has 24 heavy (non-hydrogen) atoms. The van der Waals surface area contributed by atoms with Gasteiger partial charge >= 0.3 is 0 Å². The fourth-order valence-electron chi connectivity index (χ4n) is 3.05. The normalized spacial score (nSPS) is 12.2. The Morgan fingerprint density at radius 3 is 2.54 bits per heavy atom. The van der Waals surface area contributed by atoms with Crippen molar-refractivity contribution >= 4 is 36.4 Å². The van der Waals surface area contributed by atoms with Gasteiger partial charge in [-0.05, 0) is 33.0 Å². The van der Waals surface area contributed by atoms with Crippen molar-refractivity contribution in [3.05, 3.63) is 35.6 Å². The quantitative estimate of drug-likeness (QED) is 0.734. The maximum Gasteiger partial charge on any atom is 0.185 e. The van der Waals surface area contributed by atoms with Gasteiger partial charge in [0.05, 0.1) is 10.9 Å². The molecule has 2 aromatic heterocycles. The average Bonchev–Trinajstić information content (AvgIpc) is 2.88. The number of anilines is 1. The minimum Gasteiger partial charge on any atom is -0.383 e. The van der Waals surface area contributed by atoms with E-state index in [0.29, 0.717) is 10.8 Å². The lowest BCUT2D eigenvalue weighted by atomic mass is 10.0. The van der Waals surface area contributed by atoms with Crippen LogP contribution in [0.5, 0.6) is 0 Å². The highest BCUT2D eigenvalue weighted by molar-refractivity contribution is 6.30. The maximum absolute atomic E-state index is 6.14. The van der Waals surface area contributed by atoms with E-state index in [1.54, 1.807) is 0 Å². The number of hydrogen-bond donors (Lipinski definition) is 1. The predicted molar refractivity (Wildman–Crippen MR) is 101 cm³/mol. The highest BCUT2D eigenvalue weighted by atomic mass is 35.5. The Bertz CT molecular complexity index is 872. The zero-order valence-electron chi connectivity index (χ0n) is 14.3. The largest absolute Gasteiger partial charge is 0.383 e. The number of rotatable bonds is 4. The number of halogens is 1. The van der Waals surface area contributed by atoms with Crippen LogP contribution in [-0.2, 0) is 5.54 Å². The Morgan fingerprint density at radius 1 is 1.25 bits per heavy atom. The molecule has 0 amide bonds. The minimum atomic E-state index is -0.257. The molecule has 0 saturated carbocycles. The Hall–Kier alpha value is -2.12. The zero-order valence-corrected chi connectivity index (χ0v) is 15.0. The van der Waals surface area contributed by atoms with Crippen molar-refractivity contribution in [1.29, 1.82) is 0 Å². The Balaban J connectivity index is 2.26. The number of aromatic nitrogens is 4. The first kappa shape index (κ1) is 16.7. The van der Waals surface area contributed by atoms with Gasteiger partial charge in [-0.15, -0.1) is 0 Å². The van der Waals surface area contributed by atoms with Crippen LogP contribution < -0.4 is 5.73 Å². The molecule has 3 rings (SSSR count). The van der Waals surface area contributed by atoms with Gasteiger partial charge in [-0.2, -0.15) is 5.10 Å². The zero-order chi connectivity index (χ0) is 17.5. The van der Waals surface area contributed by atoms with Crippen molar-refractivity contribution in [2.75, 3.05) is 19.3 Å². The Labute approximate surface area is 147 Å². The molecule has 124 valence electrons. The minimum absolute atomic E-state index is 0.257. The SMILES string of the molecule is BN(C)CC(C)(C)n1nc(-c2ccc(Cl)cc2)c2c(N)ncnc21. The molecule has 6 nitrogen and oxygen atoms in total. The monoisotopic (exact) mass is 342 g/mol. The van der Waals surface area contributed by atoms with Crippen LogP contribution >= 0.6 is 11.6 Å². The molecule has 0 atom stereocenters. The lowest BCUT2D eigenvalue weighted by molar-refractivity contribution is 0.270. The van der Waals surface area contributed by atoms with Crippen LogP contribution in [0.2, 0.25) is 5.02 Å². The van der Waals surface area contributed by atoms with Gasteiger partial charge in [0.15, 0.2) is 13.6 Å². The molecule has 0 fully saturated rings. The molecule has 0 aliphatic carbocycles. The summed E-state index contributed by atoms with van der Waals surface area (Å²) in [5.41, 5.74) is 8.33. The van der Waals surface area contributed by atoms with Crippen LogP contribution in [-0.4, -0.2) is 46.1 Å². The summed E-state index contributed by atoms with van der Waals surface area (Å²) in [6.45, 7) is 5.07. The molecule has 2 heterocycles. The summed E-state index contributed by atoms with van der Waals surface area (Å²) in [5.74, 6) is 0.428. The first-order valence-electron chi connectivity index (χ1n) is 7.70. The third kappa shape index (κ3) is 2.97. The summed E-state index contributed by atoms with van der Waals surface area (Å²) in [6, 6.07) is 7.54. The molecule has 0 radical (unpaired) electrons. The summed E-state index contributed by atoms with van der Waals surface area (Å²) in [5, 5.41) is 6.29. The lowest BCUT2D eigenvalue weighted by Gasteiger charge is -2.29. The molecule has 1 aromatic carbocycles. The van der Waals surface area contributed by atoms with E-state index < -0.39 is 0 Å². The van der Waals surface area contributed by atoms with E-state index >= 15 is 0 Å². The topological polar surface area (TPSA) is 72.9 Å². The smallest absolute Gasteiger partial charge is 0.185 e. The molecular weight excluding hydrogens is 322 g/mol. The van der Waals surface area contributed by atoms with Gasteiger partial charge in [-0.25, -0.2) is 14.6 Å². The second-order valence-corrected chi connectivity index (χ2v) is 7.21. The number of hydrogen-bond acceptors (Lipinski definition) is 5. The van der Waals surface area contributed by atoms with E-state index in [1.165, 1.54) is 6.33 Å². The molecule has 0 unspecified atom stereocenters. The second-order valence-electron chi connectivity index (χ2n) is 6.78. The van der Waals surface area contributed by atoms with E-state index in [0.717, 1.165) is 28.8 Å². The van der Waals surface area contributed by atoms with Crippen molar-refractivity contribution in [3.8, 4) is 11.3 Å². The molecule has 8 heteroatoms. The molecule has 0 aliphatic heterocycles. The van der Waals surface area contributed by atoms with Crippen molar-refractivity contribution in [1.82, 2.24) is 24.6 Å². The predicted octanol–water partition coefficient (Wildman–Crippen LogP) is 1.94. The van der Waals surface area contributed by atoms with Crippen LogP contribution in [0.15, 0.2) is 30.6 Å². The van der Waals surface area contributed by atoms with Crippen LogP contribution in [0.1, 0.15) is 13.8 Å². The number of likely N-dealkylation sites (N-methyl/N-ethyl adjacent to an activating group) is 1. The Morgan fingerprint density at radius 2 is 1.92 bits per heavy atom. The molecule has 3 aromatic rings. The van der Waals surface area contributed by atoms with Crippen molar-refractivity contribution in [3.63, 3.8) is 0 Å². The van der Waals surface area contributed by atoms with Gasteiger partial charge in [-0.1, -0.05) is 23.7 Å².